The molecule has 0 amide bonds. The summed E-state index contributed by atoms with van der Waals surface area (Å²) in [5.74, 6) is 0. The third kappa shape index (κ3) is 6.49. The third-order valence-electron chi connectivity index (χ3n) is 22.0. The van der Waals surface area contributed by atoms with Crippen LogP contribution < -0.4 is 0 Å². The van der Waals surface area contributed by atoms with Crippen LogP contribution in [0.15, 0.2) is 109 Å². The van der Waals surface area contributed by atoms with Gasteiger partial charge in [-0.05, 0) is 290 Å². The first-order valence-electron chi connectivity index (χ1n) is 31.4. The van der Waals surface area contributed by atoms with Crippen molar-refractivity contribution >= 4 is 94.5 Å². The number of rotatable bonds is 0. The molecule has 0 saturated carbocycles. The Balaban J connectivity index is 0.872. The van der Waals surface area contributed by atoms with Crippen molar-refractivity contribution < 1.29 is 0 Å². The molecule has 11 aromatic rings. The van der Waals surface area contributed by atoms with Crippen LogP contribution in [-0.2, 0) is 51.4 Å². The Hall–Kier alpha value is -11.7. The second-order valence-corrected chi connectivity index (χ2v) is 26.6. The molecule has 0 saturated heterocycles. The molecule has 21 rings (SSSR count). The number of hydrogen-bond acceptors (Lipinski definition) is 4. The summed E-state index contributed by atoms with van der Waals surface area (Å²) in [5, 5.41) is 50.9. The lowest BCUT2D eigenvalue weighted by molar-refractivity contribution is 1.09. The van der Waals surface area contributed by atoms with Gasteiger partial charge in [0.1, 0.15) is 24.3 Å². The highest BCUT2D eigenvalue weighted by Crippen LogP contribution is 2.55. The van der Waals surface area contributed by atoms with Crippen LogP contribution in [0, 0.1) is 45.3 Å². The lowest BCUT2D eigenvalue weighted by atomic mass is 9.78. The normalized spacial score (nSPS) is 14.9. The molecule has 0 atom stereocenters. The average Bonchev–Trinajstić information content (AvgIpc) is 1.19. The number of fused-ring (bicyclic) bond motifs is 8. The van der Waals surface area contributed by atoms with E-state index in [1.807, 2.05) is 12.1 Å². The van der Waals surface area contributed by atoms with E-state index in [9.17, 15) is 21.0 Å². The van der Waals surface area contributed by atoms with Crippen LogP contribution in [0.25, 0.3) is 139 Å². The number of hydrogen-bond donors (Lipinski definition) is 0. The van der Waals surface area contributed by atoms with Gasteiger partial charge in [0.25, 0.3) is 0 Å². The van der Waals surface area contributed by atoms with Gasteiger partial charge in [0.05, 0.1) is 22.3 Å². The Morgan fingerprint density at radius 1 is 0.178 bits per heavy atom. The molecule has 0 aliphatic heterocycles. The highest BCUT2D eigenvalue weighted by atomic mass is 14.4. The van der Waals surface area contributed by atoms with E-state index in [-0.39, 0.29) is 0 Å². The molecule has 0 N–H and O–H groups in total. The van der Waals surface area contributed by atoms with Crippen LogP contribution in [0.3, 0.4) is 0 Å². The van der Waals surface area contributed by atoms with Crippen molar-refractivity contribution in [2.24, 2.45) is 0 Å². The van der Waals surface area contributed by atoms with E-state index >= 15 is 0 Å². The van der Waals surface area contributed by atoms with E-state index in [0.29, 0.717) is 56.6 Å². The number of nitrogens with zero attached hydrogens (tertiary/aromatic N) is 4. The van der Waals surface area contributed by atoms with Crippen molar-refractivity contribution in [1.29, 1.82) is 21.0 Å². The summed E-state index contributed by atoms with van der Waals surface area (Å²) >= 11 is 0. The molecule has 4 nitrogen and oxygen atoms in total. The fraction of sp³-hybridized carbons (Fsp3) is 0.0930. The summed E-state index contributed by atoms with van der Waals surface area (Å²) in [4.78, 5) is 0. The van der Waals surface area contributed by atoms with E-state index in [1.165, 1.54) is 111 Å². The van der Waals surface area contributed by atoms with Crippen molar-refractivity contribution in [2.75, 3.05) is 0 Å². The van der Waals surface area contributed by atoms with E-state index in [2.05, 4.69) is 194 Å². The Labute approximate surface area is 519 Å². The van der Waals surface area contributed by atoms with Gasteiger partial charge in [0.15, 0.2) is 0 Å². The smallest absolute Gasteiger partial charge is 0.100 e. The largest absolute Gasteiger partial charge is 0.192 e. The molecule has 10 aliphatic carbocycles. The maximum absolute atomic E-state index is 12.1. The second-order valence-electron chi connectivity index (χ2n) is 26.6. The molecule has 0 unspecified atom stereocenters. The first-order valence-corrected chi connectivity index (χ1v) is 31.4. The van der Waals surface area contributed by atoms with Gasteiger partial charge in [-0.15, -0.1) is 0 Å². The van der Waals surface area contributed by atoms with Gasteiger partial charge in [-0.3, -0.25) is 0 Å². The number of benzene rings is 11. The topological polar surface area (TPSA) is 95.2 Å². The van der Waals surface area contributed by atoms with Gasteiger partial charge < -0.3 is 0 Å². The van der Waals surface area contributed by atoms with Crippen LogP contribution in [0.5, 0.6) is 0 Å². The Morgan fingerprint density at radius 2 is 0.333 bits per heavy atom. The highest BCUT2D eigenvalue weighted by Gasteiger charge is 2.35. The van der Waals surface area contributed by atoms with Gasteiger partial charge in [0.2, 0.25) is 0 Å². The summed E-state index contributed by atoms with van der Waals surface area (Å²) in [7, 11) is 0. The van der Waals surface area contributed by atoms with Crippen molar-refractivity contribution in [3.05, 3.63) is 287 Å². The van der Waals surface area contributed by atoms with Crippen LogP contribution in [0.4, 0.5) is 0 Å². The fourth-order valence-corrected chi connectivity index (χ4v) is 17.7. The van der Waals surface area contributed by atoms with Gasteiger partial charge in [0, 0.05) is 43.8 Å². The summed E-state index contributed by atoms with van der Waals surface area (Å²) in [6.45, 7) is 0. The van der Waals surface area contributed by atoms with Crippen molar-refractivity contribution in [1.82, 2.24) is 0 Å². The molecule has 410 valence electrons. The second kappa shape index (κ2) is 17.1. The molecule has 0 heterocycles. The molecule has 0 radical (unpaired) electrons. The van der Waals surface area contributed by atoms with E-state index in [4.69, 9.17) is 0 Å². The zero-order valence-corrected chi connectivity index (χ0v) is 48.8. The molecule has 0 fully saturated rings. The molecule has 0 spiro atoms. The lowest BCUT2D eigenvalue weighted by Gasteiger charge is -2.22. The Bertz CT molecular complexity index is 5210. The van der Waals surface area contributed by atoms with Crippen molar-refractivity contribution in [2.45, 2.75) is 51.4 Å². The van der Waals surface area contributed by atoms with E-state index < -0.39 is 0 Å². The minimum Gasteiger partial charge on any atom is -0.192 e. The van der Waals surface area contributed by atoms with Gasteiger partial charge in [-0.1, -0.05) is 121 Å². The first-order chi connectivity index (χ1) is 44.3. The summed E-state index contributed by atoms with van der Waals surface area (Å²) in [6, 6.07) is 53.0. The Kier molecular flexibility index (Phi) is 9.21. The van der Waals surface area contributed by atoms with Crippen LogP contribution in [0.1, 0.15) is 178 Å². The van der Waals surface area contributed by atoms with Crippen LogP contribution in [0.2, 0.25) is 0 Å². The first kappa shape index (κ1) is 48.5. The molecule has 16 bridgehead atoms. The van der Waals surface area contributed by atoms with Gasteiger partial charge in [-0.25, -0.2) is 0 Å². The van der Waals surface area contributed by atoms with Crippen molar-refractivity contribution in [3.63, 3.8) is 0 Å². The summed E-state index contributed by atoms with van der Waals surface area (Å²) in [5.41, 5.74) is 42.3. The zero-order valence-electron chi connectivity index (χ0n) is 48.8. The quantitative estimate of drug-likeness (QED) is 0.141. The molecular weight excluding hydrogens is 1090 g/mol. The van der Waals surface area contributed by atoms with E-state index in [1.54, 1.807) is 0 Å². The molecule has 90 heavy (non-hydrogen) atoms. The predicted molar refractivity (Wildman–Crippen MR) is 364 cm³/mol. The van der Waals surface area contributed by atoms with Crippen LogP contribution >= 0.6 is 0 Å². The van der Waals surface area contributed by atoms with Gasteiger partial charge in [-0.2, -0.15) is 21.0 Å². The predicted octanol–water partition coefficient (Wildman–Crippen LogP) is 19.0. The molecule has 11 aromatic carbocycles. The van der Waals surface area contributed by atoms with Crippen molar-refractivity contribution in [3.8, 4) is 68.8 Å². The zero-order chi connectivity index (χ0) is 59.1. The minimum absolute atomic E-state index is 0.446. The number of nitriles is 4. The maximum Gasteiger partial charge on any atom is 0.100 e. The molecular formula is C86H46N4. The van der Waals surface area contributed by atoms with Gasteiger partial charge >= 0.3 is 0 Å². The SMILES string of the molecule is N#Cc1c2c(c(C#N)c3cc4c(C#N)c5c(c(C#N)c4cc13)-c1cc3c4cc1Cc1cc6c(cc1-5)C=Cc1cc5c(cc1C6)Cc1cc(c(cc1C=C5)C=C3)C4)-c1cc3c4cc1Cc1cc5c(cc1-2)C=Cc1cc2c(cc1C5)Cc1cc(c(cc1C=C2)C=C3)C4. The summed E-state index contributed by atoms with van der Waals surface area (Å²) < 4.78 is 0. The van der Waals surface area contributed by atoms with E-state index in [0.717, 1.165) is 128 Å². The maximum atomic E-state index is 12.1. The monoisotopic (exact) mass is 1130 g/mol. The molecule has 10 aliphatic rings. The molecule has 4 heteroatoms. The fourth-order valence-electron chi connectivity index (χ4n) is 17.7. The highest BCUT2D eigenvalue weighted by molar-refractivity contribution is 6.17. The van der Waals surface area contributed by atoms with Crippen LogP contribution in [-0.4, -0.2) is 0 Å². The lowest BCUT2D eigenvalue weighted by Crippen LogP contribution is -2.02. The minimum atomic E-state index is 0.446. The summed E-state index contributed by atoms with van der Waals surface area (Å²) in [6.07, 6.45) is 33.1. The standard InChI is InChI=1S/C86H46N4/c87-39-79-75-37-77-78(38-76(75)80(40-88)84-72-34-52-10-6-48-14-44-2-1-43-13-47-5-9-51-33-71(83(79)84)67-27-63(51)23-59(47)19-55(43)17-56(44)20-60(48)24-64(52)28-68(72)31-67)82(42-90)86-74-36-54-12-8-50-16-46-4-3-45-15-49-7-11-53-35-73(85(86)81(77)41-89)69-29-65(53)25-61(49)21-57(45)18-58(46)22-62(50)26-66(54)30-70(74)32-69/h1-16,19-22,27-30,33-38H,17-18,23-26,31-32H2. The Morgan fingerprint density at radius 3 is 0.511 bits per heavy atom. The third-order valence-corrected chi connectivity index (χ3v) is 22.0. The molecule has 0 aromatic heterocycles. The average molecular weight is 1140 g/mol.